The van der Waals surface area contributed by atoms with Gasteiger partial charge in [0.1, 0.15) is 11.6 Å². The Morgan fingerprint density at radius 3 is 2.43 bits per heavy atom. The van der Waals surface area contributed by atoms with Gasteiger partial charge in [-0.05, 0) is 64.4 Å². The minimum atomic E-state index is -4.55. The lowest BCUT2D eigenvalue weighted by Crippen LogP contribution is -2.37. The fourth-order valence-corrected chi connectivity index (χ4v) is 7.48. The third-order valence-electron chi connectivity index (χ3n) is 7.95. The van der Waals surface area contributed by atoms with E-state index in [-0.39, 0.29) is 23.5 Å². The van der Waals surface area contributed by atoms with Gasteiger partial charge in [0.15, 0.2) is 10.8 Å². The number of pyridine rings is 1. The van der Waals surface area contributed by atoms with Crippen LogP contribution in [0.25, 0.3) is 22.6 Å². The molecule has 0 saturated heterocycles. The molecule has 0 spiro atoms. The highest BCUT2D eigenvalue weighted by Gasteiger charge is 2.38. The van der Waals surface area contributed by atoms with Crippen molar-refractivity contribution in [2.24, 2.45) is 5.92 Å². The minimum absolute atomic E-state index is 0.0393. The summed E-state index contributed by atoms with van der Waals surface area (Å²) in [7, 11) is -3.53. The van der Waals surface area contributed by atoms with Gasteiger partial charge >= 0.3 is 6.18 Å². The lowest BCUT2D eigenvalue weighted by molar-refractivity contribution is -0.137. The van der Waals surface area contributed by atoms with Gasteiger partial charge < -0.3 is 15.7 Å². The van der Waals surface area contributed by atoms with Crippen LogP contribution in [-0.4, -0.2) is 59.5 Å². The zero-order chi connectivity index (χ0) is 31.3. The summed E-state index contributed by atoms with van der Waals surface area (Å²) in [6.45, 7) is 3.62. The van der Waals surface area contributed by atoms with Gasteiger partial charge in [0.25, 0.3) is 10.0 Å². The molecular formula is C28H31F3N8O3S2. The van der Waals surface area contributed by atoms with Gasteiger partial charge in [-0.3, -0.25) is 0 Å². The fraction of sp³-hybridized carbons (Fsp3) is 0.464. The molecule has 0 amide bonds. The van der Waals surface area contributed by atoms with Crippen LogP contribution < -0.4 is 10.6 Å². The molecule has 0 aromatic carbocycles. The third kappa shape index (κ3) is 6.56. The van der Waals surface area contributed by atoms with Crippen molar-refractivity contribution in [1.29, 1.82) is 0 Å². The molecule has 16 heteroatoms. The Balaban J connectivity index is 1.25. The van der Waals surface area contributed by atoms with Gasteiger partial charge in [-0.25, -0.2) is 28.4 Å². The molecule has 4 aromatic rings. The number of anilines is 3. The van der Waals surface area contributed by atoms with Crippen LogP contribution in [0.4, 0.5) is 30.5 Å². The summed E-state index contributed by atoms with van der Waals surface area (Å²) < 4.78 is 66.0. The van der Waals surface area contributed by atoms with Crippen molar-refractivity contribution in [3.63, 3.8) is 0 Å². The van der Waals surface area contributed by atoms with Crippen LogP contribution in [-0.2, 0) is 16.2 Å². The first kappa shape index (κ1) is 30.4. The summed E-state index contributed by atoms with van der Waals surface area (Å²) in [5.74, 6) is 1.17. The molecule has 0 aliphatic heterocycles. The number of thiazole rings is 1. The summed E-state index contributed by atoms with van der Waals surface area (Å²) in [6.07, 6.45) is 5.62. The number of rotatable bonds is 9. The average Bonchev–Trinajstić information content (AvgIpc) is 3.49. The molecule has 2 saturated carbocycles. The second kappa shape index (κ2) is 11.4. The van der Waals surface area contributed by atoms with E-state index in [1.165, 1.54) is 30.2 Å². The van der Waals surface area contributed by atoms with E-state index >= 15 is 0 Å². The highest BCUT2D eigenvalue weighted by atomic mass is 32.2. The lowest BCUT2D eigenvalue weighted by Gasteiger charge is -2.36. The van der Waals surface area contributed by atoms with E-state index in [2.05, 4.69) is 35.7 Å². The van der Waals surface area contributed by atoms with Crippen molar-refractivity contribution in [3.8, 4) is 22.6 Å². The number of nitrogens with one attached hydrogen (secondary N) is 2. The van der Waals surface area contributed by atoms with Crippen LogP contribution in [0, 0.1) is 5.92 Å². The number of nitrogens with zero attached hydrogens (tertiary/aromatic N) is 6. The molecule has 2 fully saturated rings. The van der Waals surface area contributed by atoms with Gasteiger partial charge in [0.2, 0.25) is 0 Å². The second-order valence-electron chi connectivity index (χ2n) is 11.7. The fourth-order valence-electron chi connectivity index (χ4n) is 5.32. The largest absolute Gasteiger partial charge is 0.443 e. The van der Waals surface area contributed by atoms with Crippen LogP contribution in [0.1, 0.15) is 57.4 Å². The maximum Gasteiger partial charge on any atom is 0.443 e. The predicted molar refractivity (Wildman–Crippen MR) is 160 cm³/mol. The molecule has 44 heavy (non-hydrogen) atoms. The molecule has 11 nitrogen and oxygen atoms in total. The second-order valence-corrected chi connectivity index (χ2v) is 14.7. The molecule has 2 aliphatic rings. The van der Waals surface area contributed by atoms with Crippen molar-refractivity contribution in [1.82, 2.24) is 29.1 Å². The molecule has 0 atom stereocenters. The Hall–Kier alpha value is -3.63. The number of aromatic nitrogens is 6. The zero-order valence-electron chi connectivity index (χ0n) is 23.9. The van der Waals surface area contributed by atoms with Crippen LogP contribution in [0.5, 0.6) is 0 Å². The molecule has 4 heterocycles. The number of halogens is 3. The van der Waals surface area contributed by atoms with Crippen molar-refractivity contribution in [2.75, 3.05) is 10.6 Å². The molecule has 0 radical (unpaired) electrons. The van der Waals surface area contributed by atoms with Crippen LogP contribution >= 0.6 is 11.3 Å². The lowest BCUT2D eigenvalue weighted by atomic mass is 9.77. The minimum Gasteiger partial charge on any atom is -0.390 e. The first-order chi connectivity index (χ1) is 20.8. The van der Waals surface area contributed by atoms with Crippen molar-refractivity contribution in [2.45, 2.75) is 75.4 Å². The Kier molecular flexibility index (Phi) is 7.86. The van der Waals surface area contributed by atoms with Gasteiger partial charge in [0, 0.05) is 41.1 Å². The molecule has 234 valence electrons. The van der Waals surface area contributed by atoms with Crippen LogP contribution in [0.2, 0.25) is 0 Å². The number of hydrogen-bond donors (Lipinski definition) is 3. The normalized spacial score (nSPS) is 19.6. The smallest absolute Gasteiger partial charge is 0.390 e. The Morgan fingerprint density at radius 1 is 1.02 bits per heavy atom. The summed E-state index contributed by atoms with van der Waals surface area (Å²) in [5.41, 5.74) is 0.804. The molecular weight excluding hydrogens is 617 g/mol. The molecule has 2 aliphatic carbocycles. The van der Waals surface area contributed by atoms with E-state index in [4.69, 9.17) is 0 Å². The average molecular weight is 649 g/mol. The maximum absolute atomic E-state index is 13.3. The molecule has 6 rings (SSSR count). The van der Waals surface area contributed by atoms with E-state index in [0.717, 1.165) is 29.8 Å². The topological polar surface area (TPSA) is 148 Å². The van der Waals surface area contributed by atoms with Crippen LogP contribution in [0.3, 0.4) is 0 Å². The maximum atomic E-state index is 13.3. The first-order valence-corrected chi connectivity index (χ1v) is 16.6. The number of hydrogen-bond acceptors (Lipinski definition) is 11. The quantitative estimate of drug-likeness (QED) is 0.206. The standard InChI is InChI=1S/C28H31F3N8O3S2/c1-27(2,40)17-3-5-18(6-4-17)35-21-11-24(33-13-20(21)22-15-43-26(36-22)28(29,30)31)37-23-9-10-32-25(38-23)16-12-34-39(14-16)44(41,42)19-7-8-19/h9-15,17-19,40H,3-8H2,1-2H3,(H2,32,33,35,37,38). The van der Waals surface area contributed by atoms with Gasteiger partial charge in [-0.15, -0.1) is 11.3 Å². The summed E-state index contributed by atoms with van der Waals surface area (Å²) in [6, 6.07) is 3.36. The molecule has 3 N–H and O–H groups in total. The van der Waals surface area contributed by atoms with Crippen molar-refractivity contribution < 1.29 is 26.7 Å². The predicted octanol–water partition coefficient (Wildman–Crippen LogP) is 5.70. The molecule has 4 aromatic heterocycles. The van der Waals surface area contributed by atoms with Gasteiger partial charge in [-0.1, -0.05) is 0 Å². The van der Waals surface area contributed by atoms with E-state index in [1.807, 2.05) is 13.8 Å². The Morgan fingerprint density at radius 2 is 1.77 bits per heavy atom. The monoisotopic (exact) mass is 648 g/mol. The van der Waals surface area contributed by atoms with Crippen molar-refractivity contribution in [3.05, 3.63) is 47.3 Å². The van der Waals surface area contributed by atoms with E-state index in [0.29, 0.717) is 52.6 Å². The summed E-state index contributed by atoms with van der Waals surface area (Å²) in [4.78, 5) is 17.0. The Bertz CT molecular complexity index is 1760. The van der Waals surface area contributed by atoms with Crippen molar-refractivity contribution >= 4 is 38.7 Å². The van der Waals surface area contributed by atoms with E-state index in [9.17, 15) is 26.7 Å². The van der Waals surface area contributed by atoms with Gasteiger partial charge in [-0.2, -0.15) is 22.4 Å². The number of aliphatic hydroxyl groups is 1. The Labute approximate surface area is 256 Å². The van der Waals surface area contributed by atoms with Gasteiger partial charge in [0.05, 0.1) is 34.5 Å². The molecule has 0 unspecified atom stereocenters. The third-order valence-corrected chi connectivity index (χ3v) is 10.9. The van der Waals surface area contributed by atoms with E-state index in [1.54, 1.807) is 12.1 Å². The molecule has 0 bridgehead atoms. The SMILES string of the molecule is CC(C)(O)C1CCC(Nc2cc(Nc3ccnc(-c4cnn(S(=O)(=O)C5CC5)c4)n3)ncc2-c2csc(C(F)(F)F)n2)CC1. The summed E-state index contributed by atoms with van der Waals surface area (Å²) in [5, 5.41) is 21.0. The van der Waals surface area contributed by atoms with Crippen LogP contribution in [0.15, 0.2) is 42.3 Å². The summed E-state index contributed by atoms with van der Waals surface area (Å²) >= 11 is 0.527. The number of alkyl halides is 3. The highest BCUT2D eigenvalue weighted by molar-refractivity contribution is 7.90. The zero-order valence-corrected chi connectivity index (χ0v) is 25.5. The first-order valence-electron chi connectivity index (χ1n) is 14.2. The van der Waals surface area contributed by atoms with E-state index < -0.39 is 32.1 Å². The highest BCUT2D eigenvalue weighted by Crippen LogP contribution is 2.39.